The van der Waals surface area contributed by atoms with E-state index >= 15 is 0 Å². The number of aliphatic hydroxyl groups excluding tert-OH is 1. The number of halogens is 3. The Morgan fingerprint density at radius 1 is 1.30 bits per heavy atom. The lowest BCUT2D eigenvalue weighted by molar-refractivity contribution is -0.200. The van der Waals surface area contributed by atoms with Crippen LogP contribution in [-0.2, 0) is 4.74 Å². The van der Waals surface area contributed by atoms with Crippen LogP contribution in [0.15, 0.2) is 34.8 Å². The molecule has 20 heavy (non-hydrogen) atoms. The smallest absolute Gasteiger partial charge is 0.425 e. The summed E-state index contributed by atoms with van der Waals surface area (Å²) < 4.78 is 44.0. The quantitative estimate of drug-likeness (QED) is 0.714. The minimum Gasteiger partial charge on any atom is -0.512 e. The summed E-state index contributed by atoms with van der Waals surface area (Å²) in [6.07, 6.45) is -1.43. The van der Waals surface area contributed by atoms with Crippen molar-refractivity contribution in [1.82, 2.24) is 0 Å². The van der Waals surface area contributed by atoms with Crippen LogP contribution in [0.1, 0.15) is 33.1 Å². The molecule has 0 aromatic heterocycles. The summed E-state index contributed by atoms with van der Waals surface area (Å²) in [5.74, 6) is 0.528. The van der Waals surface area contributed by atoms with E-state index in [0.29, 0.717) is 18.6 Å². The van der Waals surface area contributed by atoms with Gasteiger partial charge in [-0.15, -0.1) is 0 Å². The summed E-state index contributed by atoms with van der Waals surface area (Å²) in [5.41, 5.74) is 1.24. The lowest BCUT2D eigenvalue weighted by Gasteiger charge is -2.35. The first-order valence-electron chi connectivity index (χ1n) is 6.77. The van der Waals surface area contributed by atoms with Gasteiger partial charge in [-0.3, -0.25) is 0 Å². The first-order valence-corrected chi connectivity index (χ1v) is 6.77. The summed E-state index contributed by atoms with van der Waals surface area (Å²) >= 11 is 0. The van der Waals surface area contributed by atoms with E-state index in [2.05, 4.69) is 0 Å². The van der Waals surface area contributed by atoms with Crippen LogP contribution in [0.4, 0.5) is 13.2 Å². The van der Waals surface area contributed by atoms with Crippen LogP contribution in [0.5, 0.6) is 0 Å². The van der Waals surface area contributed by atoms with E-state index in [4.69, 9.17) is 4.74 Å². The van der Waals surface area contributed by atoms with Crippen molar-refractivity contribution in [1.29, 1.82) is 0 Å². The second-order valence-corrected chi connectivity index (χ2v) is 6.34. The summed E-state index contributed by atoms with van der Waals surface area (Å²) in [4.78, 5) is 0. The fraction of sp³-hybridized carbons (Fsp3) is 0.600. The maximum Gasteiger partial charge on any atom is 0.425 e. The zero-order chi connectivity index (χ0) is 14.7. The van der Waals surface area contributed by atoms with E-state index in [1.165, 1.54) is 0 Å². The molecule has 0 aromatic carbocycles. The van der Waals surface area contributed by atoms with Crippen LogP contribution < -0.4 is 0 Å². The molecule has 110 valence electrons. The Labute approximate surface area is 115 Å². The first kappa shape index (κ1) is 13.6. The maximum atomic E-state index is 12.9. The van der Waals surface area contributed by atoms with Crippen molar-refractivity contribution in [3.8, 4) is 0 Å². The third-order valence-electron chi connectivity index (χ3n) is 4.43. The van der Waals surface area contributed by atoms with E-state index in [1.807, 2.05) is 19.9 Å². The monoisotopic (exact) mass is 286 g/mol. The third-order valence-corrected chi connectivity index (χ3v) is 4.43. The van der Waals surface area contributed by atoms with Gasteiger partial charge >= 0.3 is 6.18 Å². The summed E-state index contributed by atoms with van der Waals surface area (Å²) in [7, 11) is 0. The molecule has 1 N–H and O–H groups in total. The standard InChI is InChI=1S/C15H17F3O2/c1-14(2)7-8-5-9(19)3-4-10(8)13-11(14)6-12(20-13)15(16,17)18/h5,7,11-12,19H,3-4,6H2,1-2H3. The topological polar surface area (TPSA) is 29.5 Å². The Hall–Kier alpha value is -1.39. The van der Waals surface area contributed by atoms with Gasteiger partial charge in [-0.25, -0.2) is 0 Å². The van der Waals surface area contributed by atoms with Gasteiger partial charge in [0.2, 0.25) is 0 Å². The fourth-order valence-electron chi connectivity index (χ4n) is 3.36. The molecule has 0 radical (unpaired) electrons. The molecule has 1 fully saturated rings. The Morgan fingerprint density at radius 3 is 2.65 bits per heavy atom. The predicted octanol–water partition coefficient (Wildman–Crippen LogP) is 4.41. The molecule has 1 saturated heterocycles. The molecule has 0 spiro atoms. The van der Waals surface area contributed by atoms with E-state index in [9.17, 15) is 18.3 Å². The maximum absolute atomic E-state index is 12.9. The van der Waals surface area contributed by atoms with Gasteiger partial charge in [-0.1, -0.05) is 19.9 Å². The molecule has 0 amide bonds. The fourth-order valence-corrected chi connectivity index (χ4v) is 3.36. The van der Waals surface area contributed by atoms with Crippen molar-refractivity contribution >= 4 is 0 Å². The van der Waals surface area contributed by atoms with Crippen molar-refractivity contribution in [2.45, 2.75) is 45.4 Å². The zero-order valence-electron chi connectivity index (χ0n) is 11.4. The van der Waals surface area contributed by atoms with Crippen LogP contribution in [0, 0.1) is 11.3 Å². The van der Waals surface area contributed by atoms with E-state index in [0.717, 1.165) is 11.1 Å². The Kier molecular flexibility index (Phi) is 2.76. The number of allylic oxidation sites excluding steroid dienone is 6. The normalized spacial score (nSPS) is 32.0. The van der Waals surface area contributed by atoms with Gasteiger partial charge in [0.1, 0.15) is 5.76 Å². The minimum atomic E-state index is -4.33. The van der Waals surface area contributed by atoms with Gasteiger partial charge in [-0.05, 0) is 29.1 Å². The molecule has 1 heterocycles. The molecule has 1 aliphatic heterocycles. The Balaban J connectivity index is 2.04. The van der Waals surface area contributed by atoms with Crippen molar-refractivity contribution in [3.63, 3.8) is 0 Å². The minimum absolute atomic E-state index is 0.0190. The largest absolute Gasteiger partial charge is 0.512 e. The molecule has 0 aromatic rings. The molecule has 2 unspecified atom stereocenters. The summed E-state index contributed by atoms with van der Waals surface area (Å²) in [5, 5.41) is 9.62. The zero-order valence-corrected chi connectivity index (χ0v) is 11.4. The molecule has 0 bridgehead atoms. The number of hydrogen-bond acceptors (Lipinski definition) is 2. The molecule has 3 rings (SSSR count). The highest BCUT2D eigenvalue weighted by atomic mass is 19.4. The van der Waals surface area contributed by atoms with Crippen molar-refractivity contribution in [2.75, 3.05) is 0 Å². The van der Waals surface area contributed by atoms with E-state index < -0.39 is 17.7 Å². The van der Waals surface area contributed by atoms with E-state index in [-0.39, 0.29) is 18.1 Å². The molecule has 5 heteroatoms. The Morgan fingerprint density at radius 2 is 2.00 bits per heavy atom. The van der Waals surface area contributed by atoms with Gasteiger partial charge in [0, 0.05) is 18.8 Å². The number of hydrogen-bond donors (Lipinski definition) is 1. The number of fused-ring (bicyclic) bond motifs is 2. The van der Waals surface area contributed by atoms with Gasteiger partial charge in [0.15, 0.2) is 6.10 Å². The van der Waals surface area contributed by atoms with Crippen LogP contribution in [-0.4, -0.2) is 17.4 Å². The average molecular weight is 286 g/mol. The molecule has 0 saturated carbocycles. The highest BCUT2D eigenvalue weighted by molar-refractivity contribution is 5.50. The van der Waals surface area contributed by atoms with Crippen LogP contribution in [0.25, 0.3) is 0 Å². The molecule has 2 nitrogen and oxygen atoms in total. The molecular formula is C15H17F3O2. The highest BCUT2D eigenvalue weighted by Crippen LogP contribution is 2.53. The van der Waals surface area contributed by atoms with Gasteiger partial charge in [0.25, 0.3) is 0 Å². The van der Waals surface area contributed by atoms with Gasteiger partial charge < -0.3 is 9.84 Å². The number of rotatable bonds is 0. The SMILES string of the molecule is CC1(C)C=C2C=C(O)CCC2=C2OC(C(F)(F)F)CC21. The van der Waals surface area contributed by atoms with E-state index in [1.54, 1.807) is 6.08 Å². The van der Waals surface area contributed by atoms with Crippen molar-refractivity contribution in [2.24, 2.45) is 11.3 Å². The lowest BCUT2D eigenvalue weighted by Crippen LogP contribution is -2.29. The molecule has 3 aliphatic rings. The number of ether oxygens (including phenoxy) is 1. The van der Waals surface area contributed by atoms with Crippen molar-refractivity contribution < 1.29 is 23.0 Å². The first-order chi connectivity index (χ1) is 9.18. The van der Waals surface area contributed by atoms with Gasteiger partial charge in [-0.2, -0.15) is 13.2 Å². The van der Waals surface area contributed by atoms with Gasteiger partial charge in [0.05, 0.1) is 5.76 Å². The highest BCUT2D eigenvalue weighted by Gasteiger charge is 2.53. The lowest BCUT2D eigenvalue weighted by atomic mass is 9.68. The summed E-state index contributed by atoms with van der Waals surface area (Å²) in [6.45, 7) is 3.84. The predicted molar refractivity (Wildman–Crippen MR) is 67.9 cm³/mol. The second kappa shape index (κ2) is 4.06. The third kappa shape index (κ3) is 2.03. The molecular weight excluding hydrogens is 269 g/mol. The van der Waals surface area contributed by atoms with Crippen LogP contribution >= 0.6 is 0 Å². The summed E-state index contributed by atoms with van der Waals surface area (Å²) in [6, 6.07) is 0. The van der Waals surface area contributed by atoms with Crippen LogP contribution in [0.3, 0.4) is 0 Å². The molecule has 2 aliphatic carbocycles. The van der Waals surface area contributed by atoms with Crippen molar-refractivity contribution in [3.05, 3.63) is 34.8 Å². The second-order valence-electron chi connectivity index (χ2n) is 6.34. The number of aliphatic hydroxyl groups is 1. The Bertz CT molecular complexity index is 538. The molecule has 2 atom stereocenters. The number of alkyl halides is 3. The van der Waals surface area contributed by atoms with Crippen LogP contribution in [0.2, 0.25) is 0 Å². The average Bonchev–Trinajstić information content (AvgIpc) is 2.73.